The quantitative estimate of drug-likeness (QED) is 0.840. The summed E-state index contributed by atoms with van der Waals surface area (Å²) in [5, 5.41) is 0. The zero-order valence-electron chi connectivity index (χ0n) is 6.40. The van der Waals surface area contributed by atoms with E-state index in [0.717, 1.165) is 0 Å². The van der Waals surface area contributed by atoms with E-state index in [1.807, 2.05) is 0 Å². The zero-order valence-corrected chi connectivity index (χ0v) is 8.74. The molecule has 2 N–H and O–H groups in total. The first kappa shape index (κ1) is 10.7. The number of pyridine rings is 1. The summed E-state index contributed by atoms with van der Waals surface area (Å²) in [7, 11) is 0. The van der Waals surface area contributed by atoms with Gasteiger partial charge in [-0.2, -0.15) is 0 Å². The van der Waals surface area contributed by atoms with Crippen LogP contribution in [-0.4, -0.2) is 4.98 Å². The molecule has 13 heavy (non-hydrogen) atoms. The highest BCUT2D eigenvalue weighted by molar-refractivity contribution is 9.10. The van der Waals surface area contributed by atoms with Crippen molar-refractivity contribution in [2.24, 2.45) is 0 Å². The third-order valence-electron chi connectivity index (χ3n) is 1.47. The fourth-order valence-electron chi connectivity index (χ4n) is 0.826. The lowest BCUT2D eigenvalue weighted by Gasteiger charge is -2.06. The molecule has 0 bridgehead atoms. The highest BCUT2D eigenvalue weighted by atomic mass is 79.9. The normalized spacial score (nSPS) is 10.8. The van der Waals surface area contributed by atoms with E-state index in [2.05, 4.69) is 20.9 Å². The second-order valence-electron chi connectivity index (χ2n) is 2.33. The van der Waals surface area contributed by atoms with Crippen LogP contribution in [-0.2, 0) is 5.88 Å². The molecule has 6 heteroatoms. The Morgan fingerprint density at radius 2 is 2.23 bits per heavy atom. The van der Waals surface area contributed by atoms with Crippen LogP contribution in [0.5, 0.6) is 0 Å². The second kappa shape index (κ2) is 4.19. The molecule has 1 aromatic heterocycles. The van der Waals surface area contributed by atoms with E-state index >= 15 is 0 Å². The van der Waals surface area contributed by atoms with Crippen molar-refractivity contribution < 1.29 is 8.78 Å². The van der Waals surface area contributed by atoms with Crippen molar-refractivity contribution in [2.75, 3.05) is 5.73 Å². The Kier molecular flexibility index (Phi) is 3.44. The van der Waals surface area contributed by atoms with Crippen LogP contribution in [0.2, 0.25) is 0 Å². The molecule has 72 valence electrons. The van der Waals surface area contributed by atoms with E-state index in [0.29, 0.717) is 10.2 Å². The summed E-state index contributed by atoms with van der Waals surface area (Å²) in [5.41, 5.74) is 5.48. The molecule has 1 heterocycles. The minimum Gasteiger partial charge on any atom is -0.383 e. The first-order valence-corrected chi connectivity index (χ1v) is 4.68. The van der Waals surface area contributed by atoms with Gasteiger partial charge in [0, 0.05) is 4.47 Å². The average molecular weight is 271 g/mol. The second-order valence-corrected chi connectivity index (χ2v) is 3.45. The van der Waals surface area contributed by atoms with Crippen molar-refractivity contribution in [1.29, 1.82) is 0 Å². The van der Waals surface area contributed by atoms with E-state index in [9.17, 15) is 8.78 Å². The molecule has 1 rings (SSSR count). The van der Waals surface area contributed by atoms with Gasteiger partial charge in [0.25, 0.3) is 6.43 Å². The monoisotopic (exact) mass is 270 g/mol. The van der Waals surface area contributed by atoms with Gasteiger partial charge >= 0.3 is 0 Å². The van der Waals surface area contributed by atoms with Crippen LogP contribution in [0.25, 0.3) is 0 Å². The molecule has 0 amide bonds. The number of rotatable bonds is 2. The van der Waals surface area contributed by atoms with Gasteiger partial charge in [-0.05, 0) is 22.0 Å². The molecule has 0 aliphatic carbocycles. The number of anilines is 1. The maximum Gasteiger partial charge on any atom is 0.267 e. The number of aromatic nitrogens is 1. The van der Waals surface area contributed by atoms with Gasteiger partial charge in [0.15, 0.2) is 0 Å². The highest BCUT2D eigenvalue weighted by Gasteiger charge is 2.15. The predicted octanol–water partition coefficient (Wildman–Crippen LogP) is 3.10. The van der Waals surface area contributed by atoms with Gasteiger partial charge < -0.3 is 5.73 Å². The average Bonchev–Trinajstić information content (AvgIpc) is 2.07. The first-order chi connectivity index (χ1) is 6.06. The summed E-state index contributed by atoms with van der Waals surface area (Å²) in [6.45, 7) is 0. The van der Waals surface area contributed by atoms with Gasteiger partial charge in [-0.1, -0.05) is 0 Å². The van der Waals surface area contributed by atoms with Gasteiger partial charge in [-0.3, -0.25) is 0 Å². The van der Waals surface area contributed by atoms with Crippen LogP contribution in [0, 0.1) is 0 Å². The van der Waals surface area contributed by atoms with E-state index in [-0.39, 0.29) is 17.3 Å². The molecule has 2 nitrogen and oxygen atoms in total. The maximum atomic E-state index is 12.3. The third-order valence-corrected chi connectivity index (χ3v) is 2.41. The van der Waals surface area contributed by atoms with Crippen molar-refractivity contribution in [1.82, 2.24) is 4.98 Å². The molecule has 0 aliphatic heterocycles. The number of halogens is 4. The minimum absolute atomic E-state index is 0.133. The van der Waals surface area contributed by atoms with Crippen LogP contribution in [0.4, 0.5) is 14.6 Å². The van der Waals surface area contributed by atoms with Crippen LogP contribution in [0.15, 0.2) is 10.5 Å². The van der Waals surface area contributed by atoms with Gasteiger partial charge in [0.05, 0.1) is 17.1 Å². The van der Waals surface area contributed by atoms with Crippen molar-refractivity contribution in [3.8, 4) is 0 Å². The molecular formula is C7H6BrClF2N2. The zero-order chi connectivity index (χ0) is 10.0. The van der Waals surface area contributed by atoms with Crippen molar-refractivity contribution in [2.45, 2.75) is 12.3 Å². The van der Waals surface area contributed by atoms with E-state index in [4.69, 9.17) is 17.3 Å². The molecule has 0 unspecified atom stereocenters. The van der Waals surface area contributed by atoms with E-state index < -0.39 is 6.43 Å². The topological polar surface area (TPSA) is 38.9 Å². The van der Waals surface area contributed by atoms with Gasteiger partial charge in [-0.15, -0.1) is 11.6 Å². The summed E-state index contributed by atoms with van der Waals surface area (Å²) >= 11 is 8.57. The molecular weight excluding hydrogens is 265 g/mol. The number of alkyl halides is 3. The maximum absolute atomic E-state index is 12.3. The number of nitrogens with two attached hydrogens (primary N) is 1. The molecule has 0 spiro atoms. The number of nitrogen functional groups attached to an aromatic ring is 1. The molecule has 0 aliphatic rings. The summed E-state index contributed by atoms with van der Waals surface area (Å²) in [5.74, 6) is -0.0391. The lowest BCUT2D eigenvalue weighted by atomic mass is 10.2. The largest absolute Gasteiger partial charge is 0.383 e. The lowest BCUT2D eigenvalue weighted by molar-refractivity contribution is 0.152. The molecule has 1 aromatic rings. The lowest BCUT2D eigenvalue weighted by Crippen LogP contribution is -2.01. The highest BCUT2D eigenvalue weighted by Crippen LogP contribution is 2.28. The van der Waals surface area contributed by atoms with Gasteiger partial charge in [-0.25, -0.2) is 13.8 Å². The van der Waals surface area contributed by atoms with E-state index in [1.54, 1.807) is 0 Å². The number of hydrogen-bond acceptors (Lipinski definition) is 2. The SMILES string of the molecule is Nc1nc(CCl)c(Br)cc1C(F)F. The third kappa shape index (κ3) is 2.28. The molecule has 0 aromatic carbocycles. The summed E-state index contributed by atoms with van der Waals surface area (Å²) in [6.07, 6.45) is -2.62. The number of nitrogens with zero attached hydrogens (tertiary/aromatic N) is 1. The van der Waals surface area contributed by atoms with Crippen LogP contribution in [0.1, 0.15) is 17.7 Å². The van der Waals surface area contributed by atoms with Crippen molar-refractivity contribution in [3.63, 3.8) is 0 Å². The Labute approximate surface area is 87.2 Å². The van der Waals surface area contributed by atoms with Gasteiger partial charge in [0.1, 0.15) is 5.82 Å². The predicted molar refractivity (Wildman–Crippen MR) is 50.9 cm³/mol. The van der Waals surface area contributed by atoms with E-state index in [1.165, 1.54) is 6.07 Å². The Balaban J connectivity index is 3.20. The summed E-state index contributed by atoms with van der Waals surface area (Å²) < 4.78 is 25.0. The smallest absolute Gasteiger partial charge is 0.267 e. The summed E-state index contributed by atoms with van der Waals surface area (Å²) in [6, 6.07) is 1.24. The van der Waals surface area contributed by atoms with Crippen molar-refractivity contribution >= 4 is 33.3 Å². The van der Waals surface area contributed by atoms with Gasteiger partial charge in [0.2, 0.25) is 0 Å². The van der Waals surface area contributed by atoms with Crippen LogP contribution >= 0.6 is 27.5 Å². The number of hydrogen-bond donors (Lipinski definition) is 1. The fourth-order valence-corrected chi connectivity index (χ4v) is 1.67. The molecule has 0 radical (unpaired) electrons. The minimum atomic E-state index is -2.62. The standard InChI is InChI=1S/C7H6BrClF2N2/c8-4-1-3(6(10)11)7(12)13-5(4)2-9/h1,6H,2H2,(H2,12,13). The first-order valence-electron chi connectivity index (χ1n) is 3.35. The van der Waals surface area contributed by atoms with Crippen LogP contribution in [0.3, 0.4) is 0 Å². The Morgan fingerprint density at radius 3 is 2.69 bits per heavy atom. The summed E-state index contributed by atoms with van der Waals surface area (Å²) in [4.78, 5) is 3.73. The molecule has 0 fully saturated rings. The Morgan fingerprint density at radius 1 is 1.62 bits per heavy atom. The Hall–Kier alpha value is -0.420. The Bertz CT molecular complexity index is 320. The van der Waals surface area contributed by atoms with Crippen LogP contribution < -0.4 is 5.73 Å². The fraction of sp³-hybridized carbons (Fsp3) is 0.286. The molecule has 0 atom stereocenters. The molecule has 0 saturated heterocycles. The molecule has 0 saturated carbocycles. The van der Waals surface area contributed by atoms with Crippen molar-refractivity contribution in [3.05, 3.63) is 21.8 Å².